The second kappa shape index (κ2) is 18.7. The van der Waals surface area contributed by atoms with Gasteiger partial charge in [0.2, 0.25) is 0 Å². The van der Waals surface area contributed by atoms with E-state index in [1.165, 1.54) is 94.2 Å². The number of phenols is 2. The topological polar surface area (TPSA) is 40.5 Å². The van der Waals surface area contributed by atoms with Crippen molar-refractivity contribution in [1.82, 2.24) is 0 Å². The van der Waals surface area contributed by atoms with E-state index in [1.54, 1.807) is 0 Å². The van der Waals surface area contributed by atoms with E-state index in [-0.39, 0.29) is 42.2 Å². The van der Waals surface area contributed by atoms with E-state index < -0.39 is 0 Å². The second-order valence-corrected chi connectivity index (χ2v) is 32.5. The Labute approximate surface area is 370 Å². The molecule has 1 aliphatic heterocycles. The molecule has 2 aliphatic rings. The van der Waals surface area contributed by atoms with Crippen LogP contribution in [0, 0.1) is 0 Å². The zero-order valence-electron chi connectivity index (χ0n) is 39.1. The Morgan fingerprint density at radius 3 is 1.14 bits per heavy atom. The molecule has 4 aromatic rings. The summed E-state index contributed by atoms with van der Waals surface area (Å²) in [7, 11) is 0.500. The normalized spacial score (nSPS) is 20.2. The fourth-order valence-electron chi connectivity index (χ4n) is 9.52. The van der Waals surface area contributed by atoms with Crippen molar-refractivity contribution in [1.29, 1.82) is 0 Å². The van der Waals surface area contributed by atoms with Gasteiger partial charge >= 0.3 is 372 Å². The van der Waals surface area contributed by atoms with Crippen molar-refractivity contribution in [3.8, 4) is 33.8 Å². The zero-order chi connectivity index (χ0) is 43.1. The first-order chi connectivity index (χ1) is 27.7. The van der Waals surface area contributed by atoms with Gasteiger partial charge in [-0.25, -0.2) is 0 Å². The summed E-state index contributed by atoms with van der Waals surface area (Å²) in [6, 6.07) is 23.0. The van der Waals surface area contributed by atoms with E-state index in [0.29, 0.717) is 35.2 Å². The van der Waals surface area contributed by atoms with Crippen molar-refractivity contribution >= 4 is 15.9 Å². The average Bonchev–Trinajstić information content (AvgIpc) is 3.44. The molecular weight excluding hydrogens is 793 g/mol. The summed E-state index contributed by atoms with van der Waals surface area (Å²) in [4.78, 5) is 0. The Hall–Kier alpha value is -2.11. The molecule has 2 N–H and O–H groups in total. The molecule has 59 heavy (non-hydrogen) atoms. The third kappa shape index (κ3) is 10.1. The molecule has 2 nitrogen and oxygen atoms in total. The van der Waals surface area contributed by atoms with Crippen LogP contribution in [-0.4, -0.2) is 20.7 Å². The van der Waals surface area contributed by atoms with Gasteiger partial charge in [0.05, 0.1) is 0 Å². The molecular formula is C54H76O2S2Ti. The van der Waals surface area contributed by atoms with Crippen LogP contribution in [0.3, 0.4) is 0 Å². The van der Waals surface area contributed by atoms with Crippen molar-refractivity contribution in [2.45, 2.75) is 192 Å². The van der Waals surface area contributed by atoms with Crippen LogP contribution < -0.4 is 0 Å². The Morgan fingerprint density at radius 2 is 0.847 bits per heavy atom. The van der Waals surface area contributed by atoms with E-state index >= 15 is 0 Å². The number of fused-ring (bicyclic) bond motifs is 1. The standard InChI is InChI=1S/C54H76O2S2.Ti/c1-33(2)41-21-19-22-42(34(3)4)49(41)45-29-39(53(9,10)11)27-37(51(45)55)31-57-47-25-17-15-16-18-26-48(47)58-32-38-28-40(54(12,13)14)30-46(52(38)56)50-43(35(5)6)23-20-24-44(50)36(7)8;/h19-24,27-30,33-36,47-48,55-56H,15-18,25-26,31-32H2,1-14H3;/t47-,48?;/m0./s1. The number of hydrogen-bond donors (Lipinski definition) is 2. The fraction of sp³-hybridized carbons (Fsp3) is 0.556. The first-order valence-corrected chi connectivity index (χ1v) is 29.6. The summed E-state index contributed by atoms with van der Waals surface area (Å²) in [6.07, 6.45) is 7.98. The van der Waals surface area contributed by atoms with Crippen LogP contribution in [0.15, 0.2) is 60.7 Å². The molecule has 5 heteroatoms. The van der Waals surface area contributed by atoms with Gasteiger partial charge in [0, 0.05) is 0 Å². The van der Waals surface area contributed by atoms with Gasteiger partial charge in [0.1, 0.15) is 0 Å². The van der Waals surface area contributed by atoms with Gasteiger partial charge in [-0.1, -0.05) is 0 Å². The van der Waals surface area contributed by atoms with Crippen LogP contribution in [0.5, 0.6) is 11.5 Å². The van der Waals surface area contributed by atoms with E-state index in [4.69, 9.17) is 0 Å². The van der Waals surface area contributed by atoms with Crippen molar-refractivity contribution in [3.05, 3.63) is 105 Å². The Balaban J connectivity index is 1.55. The molecule has 1 heterocycles. The van der Waals surface area contributed by atoms with Gasteiger partial charge in [0.15, 0.2) is 0 Å². The van der Waals surface area contributed by atoms with Gasteiger partial charge < -0.3 is 0 Å². The van der Waals surface area contributed by atoms with Crippen molar-refractivity contribution in [3.63, 3.8) is 0 Å². The van der Waals surface area contributed by atoms with Crippen LogP contribution in [0.4, 0.5) is 0 Å². The number of rotatable bonds is 10. The monoisotopic (exact) mass is 868 g/mol. The molecule has 4 atom stereocenters. The van der Waals surface area contributed by atoms with Crippen LogP contribution in [0.25, 0.3) is 22.3 Å². The summed E-state index contributed by atoms with van der Waals surface area (Å²) in [5, 5.41) is 26.6. The summed E-state index contributed by atoms with van der Waals surface area (Å²) in [6.45, 7) is 32.3. The maximum absolute atomic E-state index is 12.6. The third-order valence-electron chi connectivity index (χ3n) is 13.1. The molecule has 0 amide bonds. The Bertz CT molecular complexity index is 2030. The number of phenolic OH excluding ortho intramolecular Hbond substituents is 2. The maximum atomic E-state index is 12.6. The SMILES string of the molecule is CC(C)c1cccc(C(C)C)c1-c1cc(C(C)(C)C)cc(C[S]2=[Ti]=[S](Cc3cc(C(C)(C)C)cc(-c4c(C(C)C)cccc4C(C)C)c3O)[C@H]3CCCCCCC32)c1O. The van der Waals surface area contributed by atoms with Crippen molar-refractivity contribution < 1.29 is 25.7 Å². The quantitative estimate of drug-likeness (QED) is 0.156. The number of benzene rings is 4. The second-order valence-electron chi connectivity index (χ2n) is 21.1. The molecule has 0 saturated heterocycles. The van der Waals surface area contributed by atoms with Gasteiger partial charge in [-0.3, -0.25) is 0 Å². The van der Waals surface area contributed by atoms with Gasteiger partial charge in [0.25, 0.3) is 0 Å². The molecule has 320 valence electrons. The third-order valence-corrected chi connectivity index (χ3v) is 29.0. The molecule has 1 aliphatic carbocycles. The first-order valence-electron chi connectivity index (χ1n) is 22.8. The molecule has 4 aromatic carbocycles. The van der Waals surface area contributed by atoms with E-state index in [1.807, 2.05) is 0 Å². The summed E-state index contributed by atoms with van der Waals surface area (Å²) in [5.74, 6) is 4.45. The van der Waals surface area contributed by atoms with Crippen LogP contribution in [0.2, 0.25) is 0 Å². The first kappa shape index (κ1) is 46.4. The summed E-state index contributed by atoms with van der Waals surface area (Å²) >= 11 is -0.375. The predicted molar refractivity (Wildman–Crippen MR) is 259 cm³/mol. The summed E-state index contributed by atoms with van der Waals surface area (Å²) in [5.41, 5.74) is 14.8. The number of aromatic hydroxyl groups is 2. The van der Waals surface area contributed by atoms with Crippen molar-refractivity contribution in [2.75, 3.05) is 0 Å². The van der Waals surface area contributed by atoms with Crippen molar-refractivity contribution in [2.24, 2.45) is 0 Å². The Morgan fingerprint density at radius 1 is 0.525 bits per heavy atom. The van der Waals surface area contributed by atoms with Crippen LogP contribution >= 0.6 is 15.9 Å². The molecule has 1 fully saturated rings. The molecule has 0 radical (unpaired) electrons. The van der Waals surface area contributed by atoms with Gasteiger partial charge in [-0.05, 0) is 0 Å². The number of hydrogen-bond acceptors (Lipinski definition) is 2. The predicted octanol–water partition coefficient (Wildman–Crippen LogP) is 16.8. The average molecular weight is 869 g/mol. The molecule has 0 aromatic heterocycles. The minimum absolute atomic E-state index is 0.0406. The molecule has 0 bridgehead atoms. The zero-order valence-corrected chi connectivity index (χ0v) is 42.3. The minimum atomic E-state index is -0.375. The van der Waals surface area contributed by atoms with Gasteiger partial charge in [-0.2, -0.15) is 0 Å². The Kier molecular flexibility index (Phi) is 14.7. The molecule has 6 rings (SSSR count). The van der Waals surface area contributed by atoms with E-state index in [9.17, 15) is 10.2 Å². The molecule has 3 unspecified atom stereocenters. The van der Waals surface area contributed by atoms with E-state index in [0.717, 1.165) is 33.1 Å². The van der Waals surface area contributed by atoms with Gasteiger partial charge in [-0.15, -0.1) is 0 Å². The fourth-order valence-corrected chi connectivity index (χ4v) is 30.3. The molecule has 1 saturated carbocycles. The van der Waals surface area contributed by atoms with E-state index in [2.05, 4.69) is 158 Å². The molecule has 0 spiro atoms. The van der Waals surface area contributed by atoms with Crippen LogP contribution in [0.1, 0.15) is 204 Å². The van der Waals surface area contributed by atoms with Crippen LogP contribution in [-0.2, 0) is 37.8 Å². The summed E-state index contributed by atoms with van der Waals surface area (Å²) < 4.78 is 0.